The number of nitrogens with zero attached hydrogens (tertiary/aromatic N) is 7. The monoisotopic (exact) mass is 635 g/mol. The SMILES string of the molecule is O=C(O)C(F)(F)F.c1ccc2nc(NCc3nc4c(N5CCOCC5)ccnn4c3-c3ccc(N4CCNCC4)nc3)ccc2c1. The number of carboxylic acids is 1. The van der Waals surface area contributed by atoms with Gasteiger partial charge in [-0.3, -0.25) is 0 Å². The number of ether oxygens (including phenoxy) is 1. The predicted molar refractivity (Wildman–Crippen MR) is 167 cm³/mol. The Morgan fingerprint density at radius 1 is 0.957 bits per heavy atom. The molecule has 2 aliphatic rings. The number of carbonyl (C=O) groups is 1. The van der Waals surface area contributed by atoms with E-state index in [4.69, 9.17) is 34.7 Å². The predicted octanol–water partition coefficient (Wildman–Crippen LogP) is 3.83. The van der Waals surface area contributed by atoms with Gasteiger partial charge in [-0.1, -0.05) is 18.2 Å². The summed E-state index contributed by atoms with van der Waals surface area (Å²) < 4.78 is 39.3. The standard InChI is InChI=1S/C29H31N9O.C2HF3O2/c1-2-4-23-21(3-1)5-7-26(34-23)31-20-24-28(22-6-8-27(32-19-22)37-13-11-30-12-14-37)38-29(35-24)25(9-10-33-38)36-15-17-39-18-16-36;3-2(4,5)1(6)7/h1-10,19,30H,11-18,20H2,(H,31,34);(H,6,7). The van der Waals surface area contributed by atoms with Crippen molar-refractivity contribution < 1.29 is 27.8 Å². The Bertz CT molecular complexity index is 1800. The van der Waals surface area contributed by atoms with Crippen LogP contribution in [-0.4, -0.2) is 94.3 Å². The van der Waals surface area contributed by atoms with E-state index in [1.807, 2.05) is 47.2 Å². The quantitative estimate of drug-likeness (QED) is 0.252. The third-order valence-electron chi connectivity index (χ3n) is 7.66. The largest absolute Gasteiger partial charge is 0.490 e. The Morgan fingerprint density at radius 2 is 1.72 bits per heavy atom. The van der Waals surface area contributed by atoms with Crippen molar-refractivity contribution in [3.8, 4) is 11.3 Å². The van der Waals surface area contributed by atoms with E-state index in [0.717, 1.165) is 90.1 Å². The lowest BCUT2D eigenvalue weighted by Crippen LogP contribution is -2.43. The number of fused-ring (bicyclic) bond motifs is 2. The molecule has 0 bridgehead atoms. The Hall–Kier alpha value is -5.02. The number of carboxylic acid groups (broad SMARTS) is 1. The topological polar surface area (TPSA) is 133 Å². The molecule has 0 aliphatic carbocycles. The number of anilines is 3. The second-order valence-corrected chi connectivity index (χ2v) is 10.6. The van der Waals surface area contributed by atoms with Crippen LogP contribution < -0.4 is 20.4 Å². The van der Waals surface area contributed by atoms with Gasteiger partial charge >= 0.3 is 12.1 Å². The maximum absolute atomic E-state index is 10.6. The molecule has 0 spiro atoms. The van der Waals surface area contributed by atoms with Crippen molar-refractivity contribution in [3.05, 3.63) is 72.7 Å². The van der Waals surface area contributed by atoms with Crippen LogP contribution in [0.3, 0.4) is 0 Å². The minimum absolute atomic E-state index is 0.506. The van der Waals surface area contributed by atoms with Gasteiger partial charge in [0.15, 0.2) is 5.65 Å². The van der Waals surface area contributed by atoms with Crippen molar-refractivity contribution in [2.24, 2.45) is 0 Å². The van der Waals surface area contributed by atoms with Crippen LogP contribution in [-0.2, 0) is 16.1 Å². The fourth-order valence-electron chi connectivity index (χ4n) is 5.39. The summed E-state index contributed by atoms with van der Waals surface area (Å²) in [6.07, 6.45) is -1.28. The molecule has 12 nitrogen and oxygen atoms in total. The van der Waals surface area contributed by atoms with Crippen molar-refractivity contribution in [2.75, 3.05) is 67.6 Å². The lowest BCUT2D eigenvalue weighted by atomic mass is 10.1. The molecule has 2 fully saturated rings. The Kier molecular flexibility index (Phi) is 9.12. The summed E-state index contributed by atoms with van der Waals surface area (Å²) >= 11 is 0. The van der Waals surface area contributed by atoms with Crippen LogP contribution in [0, 0.1) is 0 Å². The maximum atomic E-state index is 10.6. The molecule has 7 rings (SSSR count). The Morgan fingerprint density at radius 3 is 2.43 bits per heavy atom. The van der Waals surface area contributed by atoms with E-state index in [9.17, 15) is 13.2 Å². The van der Waals surface area contributed by atoms with E-state index in [0.29, 0.717) is 19.8 Å². The van der Waals surface area contributed by atoms with Crippen LogP contribution >= 0.6 is 0 Å². The van der Waals surface area contributed by atoms with E-state index < -0.39 is 12.1 Å². The molecule has 46 heavy (non-hydrogen) atoms. The molecule has 0 atom stereocenters. The highest BCUT2D eigenvalue weighted by Gasteiger charge is 2.38. The van der Waals surface area contributed by atoms with Crippen LogP contribution in [0.2, 0.25) is 0 Å². The molecule has 3 N–H and O–H groups in total. The van der Waals surface area contributed by atoms with Crippen molar-refractivity contribution in [1.82, 2.24) is 29.9 Å². The number of aliphatic carboxylic acids is 1. The molecule has 0 amide bonds. The number of aromatic nitrogens is 5. The molecule has 0 radical (unpaired) electrons. The second kappa shape index (κ2) is 13.5. The van der Waals surface area contributed by atoms with Gasteiger partial charge in [0.2, 0.25) is 0 Å². The van der Waals surface area contributed by atoms with E-state index >= 15 is 0 Å². The second-order valence-electron chi connectivity index (χ2n) is 10.6. The molecule has 2 saturated heterocycles. The number of alkyl halides is 3. The summed E-state index contributed by atoms with van der Waals surface area (Å²) in [5.74, 6) is -0.950. The molecule has 0 saturated carbocycles. The number of imidazole rings is 1. The average molecular weight is 636 g/mol. The first kappa shape index (κ1) is 31.0. The van der Waals surface area contributed by atoms with Gasteiger partial charge in [-0.15, -0.1) is 0 Å². The van der Waals surface area contributed by atoms with Crippen LogP contribution in [0.1, 0.15) is 5.69 Å². The smallest absolute Gasteiger partial charge is 0.475 e. The Balaban J connectivity index is 0.000000480. The lowest BCUT2D eigenvalue weighted by Gasteiger charge is -2.28. The number of para-hydroxylation sites is 1. The molecular formula is C31H32F3N9O3. The number of morpholine rings is 1. The molecule has 0 unspecified atom stereocenters. The van der Waals surface area contributed by atoms with Gasteiger partial charge in [0, 0.05) is 56.4 Å². The number of rotatable bonds is 6. The highest BCUT2D eigenvalue weighted by molar-refractivity contribution is 5.80. The fraction of sp³-hybridized carbons (Fsp3) is 0.323. The van der Waals surface area contributed by atoms with Gasteiger partial charge in [-0.05, 0) is 36.4 Å². The summed E-state index contributed by atoms with van der Waals surface area (Å²) in [6, 6.07) is 18.5. The highest BCUT2D eigenvalue weighted by Crippen LogP contribution is 2.31. The summed E-state index contributed by atoms with van der Waals surface area (Å²) in [7, 11) is 0. The number of benzene rings is 1. The first-order valence-corrected chi connectivity index (χ1v) is 14.8. The first-order valence-electron chi connectivity index (χ1n) is 14.8. The van der Waals surface area contributed by atoms with E-state index in [1.54, 1.807) is 0 Å². The van der Waals surface area contributed by atoms with E-state index in [-0.39, 0.29) is 0 Å². The zero-order valence-corrected chi connectivity index (χ0v) is 24.7. The van der Waals surface area contributed by atoms with Crippen LogP contribution in [0.25, 0.3) is 27.8 Å². The van der Waals surface area contributed by atoms with Crippen molar-refractivity contribution >= 4 is 39.8 Å². The summed E-state index contributed by atoms with van der Waals surface area (Å²) in [5, 5.41) is 19.9. The molecule has 1 aromatic carbocycles. The number of hydrogen-bond acceptors (Lipinski definition) is 10. The van der Waals surface area contributed by atoms with Gasteiger partial charge in [-0.2, -0.15) is 18.3 Å². The lowest BCUT2D eigenvalue weighted by molar-refractivity contribution is -0.192. The van der Waals surface area contributed by atoms with Gasteiger partial charge < -0.3 is 30.3 Å². The molecular weight excluding hydrogens is 603 g/mol. The normalized spacial score (nSPS) is 15.5. The minimum Gasteiger partial charge on any atom is -0.475 e. The number of nitrogens with one attached hydrogen (secondary N) is 2. The summed E-state index contributed by atoms with van der Waals surface area (Å²) in [5.41, 5.74) is 5.68. The van der Waals surface area contributed by atoms with Crippen LogP contribution in [0.5, 0.6) is 0 Å². The summed E-state index contributed by atoms with van der Waals surface area (Å²) in [4.78, 5) is 28.3. The molecule has 6 heterocycles. The number of piperazine rings is 1. The van der Waals surface area contributed by atoms with Crippen LogP contribution in [0.15, 0.2) is 67.0 Å². The first-order chi connectivity index (χ1) is 22.3. The Labute approximate surface area is 261 Å². The van der Waals surface area contributed by atoms with Crippen molar-refractivity contribution in [1.29, 1.82) is 0 Å². The molecule has 2 aliphatic heterocycles. The number of halogens is 3. The minimum atomic E-state index is -5.08. The molecule has 4 aromatic heterocycles. The van der Waals surface area contributed by atoms with Crippen molar-refractivity contribution in [2.45, 2.75) is 12.7 Å². The van der Waals surface area contributed by atoms with Gasteiger partial charge in [0.25, 0.3) is 0 Å². The molecule has 5 aromatic rings. The van der Waals surface area contributed by atoms with Gasteiger partial charge in [0.05, 0.1) is 48.5 Å². The van der Waals surface area contributed by atoms with E-state index in [1.165, 1.54) is 0 Å². The highest BCUT2D eigenvalue weighted by atomic mass is 19.4. The van der Waals surface area contributed by atoms with Crippen molar-refractivity contribution in [3.63, 3.8) is 0 Å². The zero-order valence-electron chi connectivity index (χ0n) is 24.7. The molecule has 15 heteroatoms. The molecule has 240 valence electrons. The number of pyridine rings is 2. The third kappa shape index (κ3) is 6.94. The summed E-state index contributed by atoms with van der Waals surface area (Å²) in [6.45, 7) is 7.46. The fourth-order valence-corrected chi connectivity index (χ4v) is 5.39. The maximum Gasteiger partial charge on any atom is 0.490 e. The zero-order chi connectivity index (χ0) is 32.1. The third-order valence-corrected chi connectivity index (χ3v) is 7.66. The van der Waals surface area contributed by atoms with Crippen LogP contribution in [0.4, 0.5) is 30.5 Å². The van der Waals surface area contributed by atoms with Gasteiger partial charge in [-0.25, -0.2) is 24.3 Å². The van der Waals surface area contributed by atoms with E-state index in [2.05, 4.69) is 44.7 Å². The van der Waals surface area contributed by atoms with Gasteiger partial charge in [0.1, 0.15) is 11.6 Å². The average Bonchev–Trinajstić information content (AvgIpc) is 3.46. The number of hydrogen-bond donors (Lipinski definition) is 3.